The summed E-state index contributed by atoms with van der Waals surface area (Å²) < 4.78 is 25.4. The van der Waals surface area contributed by atoms with Crippen molar-refractivity contribution in [2.75, 3.05) is 49.7 Å². The van der Waals surface area contributed by atoms with E-state index in [1.54, 1.807) is 6.07 Å². The van der Waals surface area contributed by atoms with E-state index in [-0.39, 0.29) is 12.1 Å². The molecule has 1 unspecified atom stereocenters. The summed E-state index contributed by atoms with van der Waals surface area (Å²) in [5.74, 6) is 0.275. The zero-order valence-electron chi connectivity index (χ0n) is 15.0. The number of halogens is 1. The van der Waals surface area contributed by atoms with Gasteiger partial charge in [0.15, 0.2) is 5.82 Å². The van der Waals surface area contributed by atoms with Gasteiger partial charge in [0.05, 0.1) is 19.3 Å². The van der Waals surface area contributed by atoms with Crippen molar-refractivity contribution < 1.29 is 18.7 Å². The molecule has 144 valence electrons. The number of amides is 2. The smallest absolute Gasteiger partial charge is 0.319 e. The van der Waals surface area contributed by atoms with Gasteiger partial charge in [-0.2, -0.15) is 0 Å². The largest absolute Gasteiger partial charge is 0.378 e. The van der Waals surface area contributed by atoms with Crippen LogP contribution in [0.2, 0.25) is 0 Å². The van der Waals surface area contributed by atoms with Gasteiger partial charge < -0.3 is 25.0 Å². The summed E-state index contributed by atoms with van der Waals surface area (Å²) in [7, 11) is 0. The first-order chi connectivity index (χ1) is 13.2. The van der Waals surface area contributed by atoms with E-state index in [1.165, 1.54) is 6.07 Å². The Bertz CT molecular complexity index is 820. The summed E-state index contributed by atoms with van der Waals surface area (Å²) in [4.78, 5) is 18.6. The van der Waals surface area contributed by atoms with Crippen LogP contribution in [-0.2, 0) is 9.47 Å². The maximum absolute atomic E-state index is 14.6. The number of nitrogens with zero attached hydrogens (tertiary/aromatic N) is 2. The number of carbonyl (C=O) groups is 1. The van der Waals surface area contributed by atoms with Gasteiger partial charge in [0.1, 0.15) is 11.3 Å². The highest BCUT2D eigenvalue weighted by Crippen LogP contribution is 2.25. The molecule has 2 fully saturated rings. The molecule has 1 aromatic carbocycles. The standard InChI is InChI=1S/C19H23FN4O3/c20-16-11-14(22-19(25)21-12-15-2-1-7-27-15)10-13-3-4-17(23-18(13)16)24-5-8-26-9-6-24/h3-4,10-11,15H,1-2,5-9,12H2,(H2,21,22,25). The first-order valence-corrected chi connectivity index (χ1v) is 9.28. The number of nitrogens with one attached hydrogen (secondary N) is 2. The first-order valence-electron chi connectivity index (χ1n) is 9.28. The van der Waals surface area contributed by atoms with Gasteiger partial charge >= 0.3 is 6.03 Å². The van der Waals surface area contributed by atoms with Crippen LogP contribution in [0.1, 0.15) is 12.8 Å². The Balaban J connectivity index is 1.45. The minimum Gasteiger partial charge on any atom is -0.378 e. The quantitative estimate of drug-likeness (QED) is 0.860. The summed E-state index contributed by atoms with van der Waals surface area (Å²) >= 11 is 0. The number of ether oxygens (including phenoxy) is 2. The lowest BCUT2D eigenvalue weighted by atomic mass is 10.2. The maximum atomic E-state index is 14.6. The van der Waals surface area contributed by atoms with Crippen LogP contribution in [0.4, 0.5) is 20.7 Å². The predicted molar refractivity (Wildman–Crippen MR) is 101 cm³/mol. The van der Waals surface area contributed by atoms with E-state index in [2.05, 4.69) is 20.5 Å². The van der Waals surface area contributed by atoms with Gasteiger partial charge in [-0.05, 0) is 37.1 Å². The van der Waals surface area contributed by atoms with Gasteiger partial charge in [0.25, 0.3) is 0 Å². The van der Waals surface area contributed by atoms with Gasteiger partial charge in [-0.3, -0.25) is 0 Å². The van der Waals surface area contributed by atoms with Gasteiger partial charge in [0, 0.05) is 37.3 Å². The SMILES string of the molecule is O=C(NCC1CCCO1)Nc1cc(F)c2nc(N3CCOCC3)ccc2c1. The van der Waals surface area contributed by atoms with Crippen LogP contribution >= 0.6 is 0 Å². The Morgan fingerprint density at radius 3 is 2.89 bits per heavy atom. The van der Waals surface area contributed by atoms with Gasteiger partial charge in [-0.15, -0.1) is 0 Å². The lowest BCUT2D eigenvalue weighted by Crippen LogP contribution is -2.36. The minimum atomic E-state index is -0.461. The fraction of sp³-hybridized carbons (Fsp3) is 0.474. The fourth-order valence-corrected chi connectivity index (χ4v) is 3.41. The number of urea groups is 1. The minimum absolute atomic E-state index is 0.0619. The average Bonchev–Trinajstić information content (AvgIpc) is 3.21. The molecule has 0 bridgehead atoms. The Morgan fingerprint density at radius 2 is 2.11 bits per heavy atom. The molecule has 3 heterocycles. The summed E-state index contributed by atoms with van der Waals surface area (Å²) in [6.45, 7) is 3.96. The summed E-state index contributed by atoms with van der Waals surface area (Å²) in [5.41, 5.74) is 0.690. The topological polar surface area (TPSA) is 75.7 Å². The van der Waals surface area contributed by atoms with Crippen LogP contribution < -0.4 is 15.5 Å². The predicted octanol–water partition coefficient (Wildman–Crippen LogP) is 2.51. The first kappa shape index (κ1) is 17.9. The lowest BCUT2D eigenvalue weighted by molar-refractivity contribution is 0.112. The number of morpholine rings is 1. The Kier molecular flexibility index (Phi) is 5.35. The molecule has 0 spiro atoms. The molecule has 1 atom stereocenters. The number of pyridine rings is 1. The molecular formula is C19H23FN4O3. The third-order valence-corrected chi connectivity index (χ3v) is 4.84. The zero-order chi connectivity index (χ0) is 18.6. The molecule has 2 amide bonds. The van der Waals surface area contributed by atoms with E-state index in [0.717, 1.165) is 38.4 Å². The van der Waals surface area contributed by atoms with Crippen LogP contribution in [0.3, 0.4) is 0 Å². The maximum Gasteiger partial charge on any atom is 0.319 e. The molecule has 27 heavy (non-hydrogen) atoms. The fourth-order valence-electron chi connectivity index (χ4n) is 3.41. The molecule has 2 saturated heterocycles. The van der Waals surface area contributed by atoms with E-state index in [9.17, 15) is 9.18 Å². The molecule has 0 radical (unpaired) electrons. The van der Waals surface area contributed by atoms with Crippen molar-refractivity contribution in [3.63, 3.8) is 0 Å². The molecule has 2 aliphatic rings. The van der Waals surface area contributed by atoms with Gasteiger partial charge in [-0.1, -0.05) is 0 Å². The van der Waals surface area contributed by atoms with Crippen molar-refractivity contribution >= 4 is 28.4 Å². The van der Waals surface area contributed by atoms with Crippen molar-refractivity contribution in [1.82, 2.24) is 10.3 Å². The van der Waals surface area contributed by atoms with E-state index in [4.69, 9.17) is 9.47 Å². The Morgan fingerprint density at radius 1 is 1.26 bits per heavy atom. The zero-order valence-corrected chi connectivity index (χ0v) is 15.0. The van der Waals surface area contributed by atoms with Crippen molar-refractivity contribution in [3.8, 4) is 0 Å². The van der Waals surface area contributed by atoms with Gasteiger partial charge in [0.2, 0.25) is 0 Å². The molecule has 1 aromatic heterocycles. The molecule has 2 aromatic rings. The molecular weight excluding hydrogens is 351 g/mol. The van der Waals surface area contributed by atoms with Crippen LogP contribution in [-0.4, -0.2) is 56.6 Å². The summed E-state index contributed by atoms with van der Waals surface area (Å²) in [6, 6.07) is 6.34. The molecule has 4 rings (SSSR count). The highest BCUT2D eigenvalue weighted by molar-refractivity contribution is 5.93. The Hall–Kier alpha value is -2.45. The van der Waals surface area contributed by atoms with E-state index < -0.39 is 5.82 Å². The summed E-state index contributed by atoms with van der Waals surface area (Å²) in [6.07, 6.45) is 2.03. The third-order valence-electron chi connectivity index (χ3n) is 4.84. The molecule has 2 aliphatic heterocycles. The van der Waals surface area contributed by atoms with Crippen LogP contribution in [0.15, 0.2) is 24.3 Å². The Labute approximate surface area is 156 Å². The number of hydrogen-bond donors (Lipinski definition) is 2. The molecule has 2 N–H and O–H groups in total. The van der Waals surface area contributed by atoms with E-state index >= 15 is 0 Å². The van der Waals surface area contributed by atoms with E-state index in [1.807, 2.05) is 12.1 Å². The van der Waals surface area contributed by atoms with Crippen molar-refractivity contribution in [2.45, 2.75) is 18.9 Å². The second kappa shape index (κ2) is 8.06. The van der Waals surface area contributed by atoms with Crippen LogP contribution in [0.25, 0.3) is 10.9 Å². The monoisotopic (exact) mass is 374 g/mol. The number of carbonyl (C=O) groups excluding carboxylic acids is 1. The molecule has 0 aliphatic carbocycles. The highest BCUT2D eigenvalue weighted by atomic mass is 19.1. The number of hydrogen-bond acceptors (Lipinski definition) is 5. The van der Waals surface area contributed by atoms with Crippen molar-refractivity contribution in [3.05, 3.63) is 30.1 Å². The number of anilines is 2. The number of rotatable bonds is 4. The number of aromatic nitrogens is 1. The van der Waals surface area contributed by atoms with Crippen LogP contribution in [0.5, 0.6) is 0 Å². The second-order valence-corrected chi connectivity index (χ2v) is 6.77. The second-order valence-electron chi connectivity index (χ2n) is 6.77. The molecule has 0 saturated carbocycles. The normalized spacial score (nSPS) is 20.0. The molecule has 7 nitrogen and oxygen atoms in total. The third kappa shape index (κ3) is 4.28. The van der Waals surface area contributed by atoms with Gasteiger partial charge in [-0.25, -0.2) is 14.2 Å². The summed E-state index contributed by atoms with van der Waals surface area (Å²) in [5, 5.41) is 6.08. The van der Waals surface area contributed by atoms with E-state index in [0.29, 0.717) is 36.3 Å². The van der Waals surface area contributed by atoms with Crippen molar-refractivity contribution in [2.24, 2.45) is 0 Å². The number of benzene rings is 1. The van der Waals surface area contributed by atoms with Crippen molar-refractivity contribution in [1.29, 1.82) is 0 Å². The lowest BCUT2D eigenvalue weighted by Gasteiger charge is -2.28. The van der Waals surface area contributed by atoms with Crippen LogP contribution in [0, 0.1) is 5.82 Å². The highest BCUT2D eigenvalue weighted by Gasteiger charge is 2.17. The number of fused-ring (bicyclic) bond motifs is 1. The average molecular weight is 374 g/mol. The molecule has 8 heteroatoms.